The summed E-state index contributed by atoms with van der Waals surface area (Å²) in [5.41, 5.74) is 0.596. The van der Waals surface area contributed by atoms with Gasteiger partial charge in [-0.15, -0.1) is 0 Å². The van der Waals surface area contributed by atoms with E-state index in [1.807, 2.05) is 0 Å². The van der Waals surface area contributed by atoms with E-state index in [0.29, 0.717) is 12.0 Å². The average Bonchev–Trinajstić information content (AvgIpc) is 3.16. The van der Waals surface area contributed by atoms with E-state index in [0.717, 1.165) is 0 Å². The molecule has 19 heavy (non-hydrogen) atoms. The number of carbonyl (C=O) groups excluding carboxylic acids is 1. The van der Waals surface area contributed by atoms with Gasteiger partial charge in [-0.3, -0.25) is 9.59 Å². The number of halogens is 1. The van der Waals surface area contributed by atoms with Crippen LogP contribution in [0, 0.1) is 17.7 Å². The zero-order valence-corrected chi connectivity index (χ0v) is 10.4. The first-order valence-electron chi connectivity index (χ1n) is 5.86. The maximum Gasteiger partial charge on any atom is 0.307 e. The van der Waals surface area contributed by atoms with Gasteiger partial charge in [0.05, 0.1) is 18.9 Å². The van der Waals surface area contributed by atoms with Crippen molar-refractivity contribution in [2.75, 3.05) is 7.11 Å². The van der Waals surface area contributed by atoms with Crippen molar-refractivity contribution in [1.82, 2.24) is 5.32 Å². The van der Waals surface area contributed by atoms with Crippen LogP contribution in [0.4, 0.5) is 4.39 Å². The summed E-state index contributed by atoms with van der Waals surface area (Å²) in [4.78, 5) is 22.2. The minimum Gasteiger partial charge on any atom is -0.494 e. The predicted octanol–water partition coefficient (Wildman–Crippen LogP) is 1.17. The SMILES string of the molecule is COc1ccc(CNC(=O)[C@H]2C[C@@H]2C(=O)O)cc1F. The number of amides is 1. The van der Waals surface area contributed by atoms with Gasteiger partial charge in [-0.05, 0) is 24.1 Å². The molecule has 0 aromatic heterocycles. The smallest absolute Gasteiger partial charge is 0.307 e. The van der Waals surface area contributed by atoms with Crippen LogP contribution in [0.25, 0.3) is 0 Å². The van der Waals surface area contributed by atoms with Crippen molar-refractivity contribution in [1.29, 1.82) is 0 Å². The Morgan fingerprint density at radius 1 is 1.47 bits per heavy atom. The number of nitrogens with one attached hydrogen (secondary N) is 1. The van der Waals surface area contributed by atoms with Crippen LogP contribution in [0.1, 0.15) is 12.0 Å². The Balaban J connectivity index is 1.87. The topological polar surface area (TPSA) is 75.6 Å². The summed E-state index contributed by atoms with van der Waals surface area (Å²) < 4.78 is 18.2. The molecule has 0 bridgehead atoms. The minimum atomic E-state index is -0.948. The molecule has 0 spiro atoms. The highest BCUT2D eigenvalue weighted by atomic mass is 19.1. The van der Waals surface area contributed by atoms with E-state index < -0.39 is 23.6 Å². The van der Waals surface area contributed by atoms with Crippen molar-refractivity contribution in [3.05, 3.63) is 29.6 Å². The van der Waals surface area contributed by atoms with Crippen LogP contribution in [0.2, 0.25) is 0 Å². The molecule has 0 aliphatic heterocycles. The van der Waals surface area contributed by atoms with Crippen LogP contribution < -0.4 is 10.1 Å². The van der Waals surface area contributed by atoms with Gasteiger partial charge in [-0.2, -0.15) is 0 Å². The Kier molecular flexibility index (Phi) is 3.69. The van der Waals surface area contributed by atoms with Gasteiger partial charge in [-0.25, -0.2) is 4.39 Å². The zero-order valence-electron chi connectivity index (χ0n) is 10.4. The lowest BCUT2D eigenvalue weighted by molar-refractivity contribution is -0.140. The maximum atomic E-state index is 13.4. The van der Waals surface area contributed by atoms with Crippen LogP contribution in [0.15, 0.2) is 18.2 Å². The summed E-state index contributed by atoms with van der Waals surface area (Å²) in [7, 11) is 1.37. The lowest BCUT2D eigenvalue weighted by Gasteiger charge is -2.07. The van der Waals surface area contributed by atoms with E-state index in [1.54, 1.807) is 6.07 Å². The number of carbonyl (C=O) groups is 2. The van der Waals surface area contributed by atoms with Crippen molar-refractivity contribution in [3.63, 3.8) is 0 Å². The van der Waals surface area contributed by atoms with Crippen LogP contribution in [0.3, 0.4) is 0 Å². The van der Waals surface area contributed by atoms with Gasteiger partial charge in [-0.1, -0.05) is 6.07 Å². The van der Waals surface area contributed by atoms with Crippen molar-refractivity contribution >= 4 is 11.9 Å². The second-order valence-corrected chi connectivity index (χ2v) is 4.47. The minimum absolute atomic E-state index is 0.142. The van der Waals surface area contributed by atoms with E-state index >= 15 is 0 Å². The van der Waals surface area contributed by atoms with E-state index in [2.05, 4.69) is 5.32 Å². The van der Waals surface area contributed by atoms with Crippen molar-refractivity contribution in [2.24, 2.45) is 11.8 Å². The van der Waals surface area contributed by atoms with Crippen molar-refractivity contribution in [3.8, 4) is 5.75 Å². The van der Waals surface area contributed by atoms with Gasteiger partial charge in [0.25, 0.3) is 0 Å². The van der Waals surface area contributed by atoms with Gasteiger partial charge in [0.15, 0.2) is 11.6 Å². The molecule has 0 radical (unpaired) electrons. The number of hydrogen-bond acceptors (Lipinski definition) is 3. The summed E-state index contributed by atoms with van der Waals surface area (Å²) in [5.74, 6) is -2.64. The third-order valence-electron chi connectivity index (χ3n) is 3.13. The monoisotopic (exact) mass is 267 g/mol. The Bertz CT molecular complexity index is 517. The fraction of sp³-hybridized carbons (Fsp3) is 0.385. The van der Waals surface area contributed by atoms with Gasteiger partial charge >= 0.3 is 5.97 Å². The van der Waals surface area contributed by atoms with Gasteiger partial charge in [0.2, 0.25) is 5.91 Å². The highest BCUT2D eigenvalue weighted by Crippen LogP contribution is 2.38. The van der Waals surface area contributed by atoms with Gasteiger partial charge in [0.1, 0.15) is 0 Å². The van der Waals surface area contributed by atoms with E-state index in [9.17, 15) is 14.0 Å². The Morgan fingerprint density at radius 2 is 2.21 bits per heavy atom. The molecule has 5 nitrogen and oxygen atoms in total. The predicted molar refractivity (Wildman–Crippen MR) is 64.0 cm³/mol. The summed E-state index contributed by atoms with van der Waals surface area (Å²) >= 11 is 0. The first kappa shape index (κ1) is 13.3. The summed E-state index contributed by atoms with van der Waals surface area (Å²) in [6.07, 6.45) is 0.373. The third kappa shape index (κ3) is 3.01. The van der Waals surface area contributed by atoms with E-state index in [-0.39, 0.29) is 18.2 Å². The van der Waals surface area contributed by atoms with E-state index in [1.165, 1.54) is 19.2 Å². The quantitative estimate of drug-likeness (QED) is 0.839. The molecule has 1 saturated carbocycles. The number of benzene rings is 1. The van der Waals surface area contributed by atoms with Crippen molar-refractivity contribution in [2.45, 2.75) is 13.0 Å². The molecule has 2 atom stereocenters. The van der Waals surface area contributed by atoms with Gasteiger partial charge < -0.3 is 15.2 Å². The van der Waals surface area contributed by atoms with Crippen LogP contribution in [0.5, 0.6) is 5.75 Å². The summed E-state index contributed by atoms with van der Waals surface area (Å²) in [5, 5.41) is 11.3. The molecular formula is C13H14FNO4. The third-order valence-corrected chi connectivity index (χ3v) is 3.13. The lowest BCUT2D eigenvalue weighted by atomic mass is 10.2. The molecule has 0 saturated heterocycles. The molecule has 2 rings (SSSR count). The van der Waals surface area contributed by atoms with Crippen LogP contribution in [-0.2, 0) is 16.1 Å². The number of carboxylic acid groups (broad SMARTS) is 1. The number of methoxy groups -OCH3 is 1. The number of aliphatic carboxylic acids is 1. The molecule has 1 aliphatic carbocycles. The molecule has 0 unspecified atom stereocenters. The number of hydrogen-bond donors (Lipinski definition) is 2. The number of rotatable bonds is 5. The number of carboxylic acids is 1. The standard InChI is InChI=1S/C13H14FNO4/c1-19-11-3-2-7(4-10(11)14)6-15-12(16)8-5-9(8)13(17)18/h2-4,8-9H,5-6H2,1H3,(H,15,16)(H,17,18)/t8-,9-/m0/s1. The molecule has 1 aromatic rings. The summed E-state index contributed by atoms with van der Waals surface area (Å²) in [6.45, 7) is 0.169. The highest BCUT2D eigenvalue weighted by Gasteiger charge is 2.48. The molecule has 1 aliphatic rings. The first-order valence-corrected chi connectivity index (χ1v) is 5.86. The molecule has 6 heteroatoms. The van der Waals surface area contributed by atoms with E-state index in [4.69, 9.17) is 9.84 Å². The molecule has 1 amide bonds. The fourth-order valence-electron chi connectivity index (χ4n) is 1.90. The molecule has 0 heterocycles. The first-order chi connectivity index (χ1) is 9.02. The number of ether oxygens (including phenoxy) is 1. The maximum absolute atomic E-state index is 13.4. The Hall–Kier alpha value is -2.11. The summed E-state index contributed by atoms with van der Waals surface area (Å²) in [6, 6.07) is 4.40. The molecular weight excluding hydrogens is 253 g/mol. The zero-order chi connectivity index (χ0) is 14.0. The Morgan fingerprint density at radius 3 is 2.74 bits per heavy atom. The second-order valence-electron chi connectivity index (χ2n) is 4.47. The van der Waals surface area contributed by atoms with Gasteiger partial charge in [0, 0.05) is 6.54 Å². The molecule has 1 aromatic carbocycles. The molecule has 2 N–H and O–H groups in total. The van der Waals surface area contributed by atoms with Crippen LogP contribution in [-0.4, -0.2) is 24.1 Å². The lowest BCUT2D eigenvalue weighted by Crippen LogP contribution is -2.25. The highest BCUT2D eigenvalue weighted by molar-refractivity contribution is 5.89. The normalized spacial score (nSPS) is 20.7. The fourth-order valence-corrected chi connectivity index (χ4v) is 1.90. The van der Waals surface area contributed by atoms with Crippen LogP contribution >= 0.6 is 0 Å². The average molecular weight is 267 g/mol. The second kappa shape index (κ2) is 5.26. The Labute approximate surface area is 109 Å². The van der Waals surface area contributed by atoms with Crippen molar-refractivity contribution < 1.29 is 23.8 Å². The molecule has 102 valence electrons. The largest absolute Gasteiger partial charge is 0.494 e. The molecule has 1 fully saturated rings.